The molecule has 6 nitrogen and oxygen atoms in total. The molecule has 6 heteroatoms. The molecule has 0 radical (unpaired) electrons. The van der Waals surface area contributed by atoms with Gasteiger partial charge in [0.1, 0.15) is 0 Å². The predicted octanol–water partition coefficient (Wildman–Crippen LogP) is 12.5. The Morgan fingerprint density at radius 2 is 0.828 bits per heavy atom. The number of benzene rings is 5. The molecule has 272 valence electrons. The van der Waals surface area contributed by atoms with Crippen molar-refractivity contribution in [1.29, 1.82) is 0 Å². The number of fused-ring (bicyclic) bond motifs is 1. The summed E-state index contributed by atoms with van der Waals surface area (Å²) in [4.78, 5) is 29.1. The second kappa shape index (κ2) is 15.3. The van der Waals surface area contributed by atoms with Crippen LogP contribution in [0.25, 0.3) is 101 Å². The molecule has 5 aromatic heterocycles. The molecule has 5 heterocycles. The van der Waals surface area contributed by atoms with E-state index in [9.17, 15) is 0 Å². The Labute approximate surface area is 336 Å². The van der Waals surface area contributed by atoms with Gasteiger partial charge in [0.05, 0.1) is 22.6 Å². The molecule has 0 atom stereocenters. The molecule has 0 aliphatic heterocycles. The normalized spacial score (nSPS) is 11.1. The van der Waals surface area contributed by atoms with Gasteiger partial charge in [-0.3, -0.25) is 19.9 Å². The number of nitrogens with zero attached hydrogens (tertiary/aromatic N) is 6. The second-order valence-electron chi connectivity index (χ2n) is 14.1. The smallest absolute Gasteiger partial charge is 0.162 e. The number of hydrogen-bond acceptors (Lipinski definition) is 6. The van der Waals surface area contributed by atoms with E-state index in [1.54, 1.807) is 12.4 Å². The molecule has 0 spiro atoms. The lowest BCUT2D eigenvalue weighted by atomic mass is 9.91. The van der Waals surface area contributed by atoms with Crippen LogP contribution < -0.4 is 0 Å². The van der Waals surface area contributed by atoms with E-state index in [1.807, 2.05) is 79.4 Å². The van der Waals surface area contributed by atoms with Gasteiger partial charge in [-0.2, -0.15) is 0 Å². The van der Waals surface area contributed by atoms with E-state index in [1.165, 1.54) is 0 Å². The highest BCUT2D eigenvalue weighted by molar-refractivity contribution is 6.05. The largest absolute Gasteiger partial charge is 0.264 e. The fraction of sp³-hybridized carbons (Fsp3) is 0. The summed E-state index contributed by atoms with van der Waals surface area (Å²) in [5, 5.41) is 0.919. The Hall–Kier alpha value is -7.96. The van der Waals surface area contributed by atoms with Crippen molar-refractivity contribution in [2.45, 2.75) is 0 Å². The Morgan fingerprint density at radius 1 is 0.310 bits per heavy atom. The molecule has 0 amide bonds. The van der Waals surface area contributed by atoms with Gasteiger partial charge in [0.2, 0.25) is 0 Å². The number of aromatic nitrogens is 6. The van der Waals surface area contributed by atoms with Crippen LogP contribution in [0, 0.1) is 0 Å². The van der Waals surface area contributed by atoms with Gasteiger partial charge >= 0.3 is 0 Å². The molecular formula is C52H34N6. The predicted molar refractivity (Wildman–Crippen MR) is 234 cm³/mol. The average molecular weight is 743 g/mol. The van der Waals surface area contributed by atoms with Gasteiger partial charge in [0.15, 0.2) is 5.82 Å². The standard InChI is InChI=1S/C52H34N6/c1-3-11-35(12-4-1)37-15-7-17-39(27-37)45-29-46(40-18-8-16-38(28-40)36-13-5-2-6-14-36)51-47(30-45)50(43-21-23-48(55-33-43)41-19-9-25-53-31-41)57-52(58-51)44-22-24-49(56-34-44)42-20-10-26-54-32-42/h1-34H. The van der Waals surface area contributed by atoms with Crippen molar-refractivity contribution >= 4 is 10.9 Å². The molecule has 0 unspecified atom stereocenters. The lowest BCUT2D eigenvalue weighted by Gasteiger charge is -2.16. The van der Waals surface area contributed by atoms with E-state index in [-0.39, 0.29) is 0 Å². The molecule has 0 fully saturated rings. The van der Waals surface area contributed by atoms with Crippen LogP contribution in [0.15, 0.2) is 207 Å². The summed E-state index contributed by atoms with van der Waals surface area (Å²) in [5.41, 5.74) is 15.6. The molecule has 0 N–H and O–H groups in total. The fourth-order valence-electron chi connectivity index (χ4n) is 7.40. The third-order valence-corrected chi connectivity index (χ3v) is 10.4. The van der Waals surface area contributed by atoms with Crippen molar-refractivity contribution in [2.75, 3.05) is 0 Å². The van der Waals surface area contributed by atoms with E-state index in [2.05, 4.69) is 125 Å². The molecule has 10 rings (SSSR count). The topological polar surface area (TPSA) is 77.3 Å². The van der Waals surface area contributed by atoms with E-state index in [4.69, 9.17) is 19.9 Å². The van der Waals surface area contributed by atoms with Gasteiger partial charge in [0.25, 0.3) is 0 Å². The Kier molecular flexibility index (Phi) is 9.10. The first-order chi connectivity index (χ1) is 28.7. The van der Waals surface area contributed by atoms with Crippen LogP contribution in [0.3, 0.4) is 0 Å². The monoisotopic (exact) mass is 742 g/mol. The minimum atomic E-state index is 0.573. The zero-order chi connectivity index (χ0) is 38.7. The second-order valence-corrected chi connectivity index (χ2v) is 14.1. The maximum absolute atomic E-state index is 5.39. The third-order valence-electron chi connectivity index (χ3n) is 10.4. The van der Waals surface area contributed by atoms with Crippen LogP contribution in [0.1, 0.15) is 0 Å². The minimum Gasteiger partial charge on any atom is -0.264 e. The average Bonchev–Trinajstić information content (AvgIpc) is 3.32. The van der Waals surface area contributed by atoms with Gasteiger partial charge in [-0.15, -0.1) is 0 Å². The van der Waals surface area contributed by atoms with Gasteiger partial charge < -0.3 is 0 Å². The quantitative estimate of drug-likeness (QED) is 0.154. The third kappa shape index (κ3) is 6.91. The maximum atomic E-state index is 5.39. The Morgan fingerprint density at radius 3 is 1.38 bits per heavy atom. The van der Waals surface area contributed by atoms with Gasteiger partial charge in [-0.25, -0.2) is 9.97 Å². The van der Waals surface area contributed by atoms with E-state index < -0.39 is 0 Å². The number of pyridine rings is 4. The first-order valence-corrected chi connectivity index (χ1v) is 19.1. The van der Waals surface area contributed by atoms with Crippen LogP contribution in [0.2, 0.25) is 0 Å². The van der Waals surface area contributed by atoms with Crippen molar-refractivity contribution in [3.05, 3.63) is 207 Å². The van der Waals surface area contributed by atoms with Crippen LogP contribution >= 0.6 is 0 Å². The number of hydrogen-bond donors (Lipinski definition) is 0. The first-order valence-electron chi connectivity index (χ1n) is 19.1. The van der Waals surface area contributed by atoms with E-state index in [0.29, 0.717) is 5.82 Å². The van der Waals surface area contributed by atoms with Crippen LogP contribution in [0.4, 0.5) is 0 Å². The maximum Gasteiger partial charge on any atom is 0.162 e. The molecule has 5 aromatic carbocycles. The summed E-state index contributed by atoms with van der Waals surface area (Å²) in [5.74, 6) is 0.573. The summed E-state index contributed by atoms with van der Waals surface area (Å²) in [7, 11) is 0. The molecule has 58 heavy (non-hydrogen) atoms. The van der Waals surface area contributed by atoms with Crippen molar-refractivity contribution < 1.29 is 0 Å². The van der Waals surface area contributed by atoms with Crippen LogP contribution in [-0.2, 0) is 0 Å². The molecular weight excluding hydrogens is 709 g/mol. The molecule has 0 saturated carbocycles. The zero-order valence-corrected chi connectivity index (χ0v) is 31.3. The summed E-state index contributed by atoms with van der Waals surface area (Å²) in [6, 6.07) is 58.9. The highest BCUT2D eigenvalue weighted by Crippen LogP contribution is 2.40. The Balaban J connectivity index is 1.22. The van der Waals surface area contributed by atoms with Crippen LogP contribution in [0.5, 0.6) is 0 Å². The highest BCUT2D eigenvalue weighted by Gasteiger charge is 2.19. The SMILES string of the molecule is c1ccc(-c2cccc(-c3cc(-c4cccc(-c5ccccc5)c4)c4nc(-c5ccc(-c6cccnc6)nc5)nc(-c5ccc(-c6cccnc6)nc5)c4c3)c2)cc1. The summed E-state index contributed by atoms with van der Waals surface area (Å²) in [6.45, 7) is 0. The van der Waals surface area contributed by atoms with Gasteiger partial charge in [0, 0.05) is 70.4 Å². The lowest BCUT2D eigenvalue weighted by molar-refractivity contribution is 1.20. The zero-order valence-electron chi connectivity index (χ0n) is 31.3. The fourth-order valence-corrected chi connectivity index (χ4v) is 7.40. The summed E-state index contributed by atoms with van der Waals surface area (Å²) < 4.78 is 0. The van der Waals surface area contributed by atoms with Gasteiger partial charge in [-0.1, -0.05) is 97.1 Å². The minimum absolute atomic E-state index is 0.573. The lowest BCUT2D eigenvalue weighted by Crippen LogP contribution is -1.99. The van der Waals surface area contributed by atoms with E-state index in [0.717, 1.165) is 94.7 Å². The van der Waals surface area contributed by atoms with Crippen molar-refractivity contribution in [1.82, 2.24) is 29.9 Å². The summed E-state index contributed by atoms with van der Waals surface area (Å²) >= 11 is 0. The first kappa shape index (κ1) is 34.5. The molecule has 0 aliphatic rings. The Bertz CT molecular complexity index is 3010. The van der Waals surface area contributed by atoms with Crippen molar-refractivity contribution in [2.24, 2.45) is 0 Å². The molecule has 0 aliphatic carbocycles. The molecule has 10 aromatic rings. The van der Waals surface area contributed by atoms with E-state index >= 15 is 0 Å². The molecule has 0 bridgehead atoms. The van der Waals surface area contributed by atoms with Crippen molar-refractivity contribution in [3.63, 3.8) is 0 Å². The number of rotatable bonds is 8. The highest BCUT2D eigenvalue weighted by atomic mass is 14.9. The van der Waals surface area contributed by atoms with Gasteiger partial charge in [-0.05, 0) is 112 Å². The van der Waals surface area contributed by atoms with Crippen molar-refractivity contribution in [3.8, 4) is 89.7 Å². The molecule has 0 saturated heterocycles. The van der Waals surface area contributed by atoms with Crippen LogP contribution in [-0.4, -0.2) is 29.9 Å². The summed E-state index contributed by atoms with van der Waals surface area (Å²) in [6.07, 6.45) is 10.9.